The lowest BCUT2D eigenvalue weighted by Gasteiger charge is -2.37. The van der Waals surface area contributed by atoms with Gasteiger partial charge in [-0.05, 0) is 92.8 Å². The summed E-state index contributed by atoms with van der Waals surface area (Å²) in [4.78, 5) is 36.4. The summed E-state index contributed by atoms with van der Waals surface area (Å²) in [6.45, 7) is 4.81. The quantitative estimate of drug-likeness (QED) is 0.125. The number of nitrogens with zero attached hydrogens (tertiary/aromatic N) is 7. The van der Waals surface area contributed by atoms with Gasteiger partial charge >= 0.3 is 0 Å². The molecule has 4 aromatic carbocycles. The summed E-state index contributed by atoms with van der Waals surface area (Å²) in [7, 11) is 0. The smallest absolute Gasteiger partial charge is 0.271 e. The molecule has 5 aliphatic heterocycles. The molecule has 1 amide bonds. The van der Waals surface area contributed by atoms with Crippen LogP contribution < -0.4 is 15.1 Å². The molecule has 0 spiro atoms. The molecule has 2 unspecified atom stereocenters. The summed E-state index contributed by atoms with van der Waals surface area (Å²) >= 11 is 0. The largest absolute Gasteiger partial charge is 0.381 e. The van der Waals surface area contributed by atoms with Crippen molar-refractivity contribution in [3.05, 3.63) is 148 Å². The minimum absolute atomic E-state index is 0.00658. The van der Waals surface area contributed by atoms with Gasteiger partial charge in [0.2, 0.25) is 0 Å². The van der Waals surface area contributed by atoms with Crippen molar-refractivity contribution in [2.45, 2.75) is 56.7 Å². The number of hydrogen-bond acceptors (Lipinski definition) is 8. The number of carbonyl (C=O) groups is 1. The summed E-state index contributed by atoms with van der Waals surface area (Å²) in [5, 5.41) is 14.2. The molecule has 6 aromatic rings. The van der Waals surface area contributed by atoms with Crippen molar-refractivity contribution < 1.29 is 23.2 Å². The molecule has 62 heavy (non-hydrogen) atoms. The lowest BCUT2D eigenvalue weighted by molar-refractivity contribution is -0.384. The Morgan fingerprint density at radius 3 is 1.73 bits per heavy atom. The number of rotatable bonds is 7. The standard InChI is InChI=1S/C27H29FN4O2.C21H19FN4O2/c28-23-3-1-2-22-24-16-29-17-32(24)26(25(22)23)18-8-12-31(13-9-18)21-6-4-19(5-7-21)27(33)30-20-10-14-34-15-11-20;22-18-6-2-5-17-19-12-23-13-25(19)21(20(17)18)14-7-9-24(10-8-14)15-3-1-4-16(11-15)26(27)28/h1-7,16-18,20,26H,8-15H2,(H,30,33);1-6,11-14,21H,7-10H2. The predicted octanol–water partition coefficient (Wildman–Crippen LogP) is 8.83. The molecule has 318 valence electrons. The number of anilines is 2. The number of nitro groups is 1. The first-order valence-electron chi connectivity index (χ1n) is 21.7. The van der Waals surface area contributed by atoms with Gasteiger partial charge in [0, 0.05) is 96.8 Å². The SMILES string of the molecule is O=C(NC1CCOCC1)c1ccc(N2CCC(C3c4c(F)cccc4-c4cncn43)CC2)cc1.O=[N+]([O-])c1cccc(N2CCC(C3c4c(F)cccc4-c4cncn43)CC2)c1. The number of piperidine rings is 2. The third kappa shape index (κ3) is 7.39. The highest BCUT2D eigenvalue weighted by Gasteiger charge is 2.39. The summed E-state index contributed by atoms with van der Waals surface area (Å²) in [6.07, 6.45) is 12.7. The zero-order chi connectivity index (χ0) is 42.3. The van der Waals surface area contributed by atoms with E-state index in [4.69, 9.17) is 4.74 Å². The number of aromatic nitrogens is 4. The van der Waals surface area contributed by atoms with Crippen molar-refractivity contribution in [3.8, 4) is 22.5 Å². The number of nitro benzene ring substituents is 1. The van der Waals surface area contributed by atoms with Gasteiger partial charge in [-0.3, -0.25) is 14.9 Å². The highest BCUT2D eigenvalue weighted by Crippen LogP contribution is 2.48. The number of fused-ring (bicyclic) bond motifs is 6. The van der Waals surface area contributed by atoms with Crippen LogP contribution in [0.3, 0.4) is 0 Å². The number of carbonyl (C=O) groups excluding carboxylic acids is 1. The summed E-state index contributed by atoms with van der Waals surface area (Å²) in [6, 6.07) is 25.4. The molecule has 0 radical (unpaired) electrons. The molecular formula is C48H48F2N8O4. The minimum atomic E-state index is -0.366. The van der Waals surface area contributed by atoms with Gasteiger partial charge in [-0.25, -0.2) is 18.7 Å². The van der Waals surface area contributed by atoms with Crippen LogP contribution >= 0.6 is 0 Å². The van der Waals surface area contributed by atoms with E-state index in [0.717, 1.165) is 110 Å². The molecule has 3 fully saturated rings. The number of imidazole rings is 2. The third-order valence-corrected chi connectivity index (χ3v) is 13.6. The van der Waals surface area contributed by atoms with Crippen LogP contribution in [-0.2, 0) is 4.74 Å². The molecule has 14 heteroatoms. The Hall–Kier alpha value is -6.41. The molecule has 11 rings (SSSR count). The Balaban J connectivity index is 0.000000151. The van der Waals surface area contributed by atoms with Crippen LogP contribution in [-0.4, -0.2) is 75.4 Å². The fourth-order valence-corrected chi connectivity index (χ4v) is 10.5. The maximum Gasteiger partial charge on any atom is 0.271 e. The molecule has 12 nitrogen and oxygen atoms in total. The first-order valence-corrected chi connectivity index (χ1v) is 21.7. The van der Waals surface area contributed by atoms with E-state index in [1.54, 1.807) is 42.9 Å². The summed E-state index contributed by atoms with van der Waals surface area (Å²) < 4.78 is 39.2. The van der Waals surface area contributed by atoms with Gasteiger partial charge in [0.1, 0.15) is 11.6 Å². The predicted molar refractivity (Wildman–Crippen MR) is 232 cm³/mol. The van der Waals surface area contributed by atoms with Crippen molar-refractivity contribution >= 4 is 23.0 Å². The van der Waals surface area contributed by atoms with Crippen molar-refractivity contribution in [3.63, 3.8) is 0 Å². The van der Waals surface area contributed by atoms with E-state index < -0.39 is 0 Å². The normalized spacial score (nSPS) is 19.8. The van der Waals surface area contributed by atoms with E-state index in [-0.39, 0.29) is 46.3 Å². The highest BCUT2D eigenvalue weighted by atomic mass is 19.1. The average Bonchev–Trinajstić information content (AvgIpc) is 4.11. The molecular weight excluding hydrogens is 791 g/mol. The number of ether oxygens (including phenoxy) is 1. The Kier molecular flexibility index (Phi) is 10.8. The molecule has 5 aliphatic rings. The van der Waals surface area contributed by atoms with Crippen LogP contribution in [0.25, 0.3) is 22.5 Å². The number of non-ortho nitro benzene ring substituents is 1. The van der Waals surface area contributed by atoms with Crippen LogP contribution in [0.5, 0.6) is 0 Å². The summed E-state index contributed by atoms with van der Waals surface area (Å²) in [5.74, 6) is 0.346. The van der Waals surface area contributed by atoms with Crippen molar-refractivity contribution in [2.24, 2.45) is 11.8 Å². The van der Waals surface area contributed by atoms with Gasteiger partial charge in [0.05, 0.1) is 53.4 Å². The number of hydrogen-bond donors (Lipinski definition) is 1. The number of amides is 1. The van der Waals surface area contributed by atoms with Crippen LogP contribution in [0.15, 0.2) is 110 Å². The van der Waals surface area contributed by atoms with Gasteiger partial charge in [-0.15, -0.1) is 0 Å². The second-order valence-electron chi connectivity index (χ2n) is 17.0. The monoisotopic (exact) mass is 838 g/mol. The fraction of sp³-hybridized carbons (Fsp3) is 0.354. The lowest BCUT2D eigenvalue weighted by Crippen LogP contribution is -2.39. The maximum absolute atomic E-state index is 14.8. The molecule has 3 saturated heterocycles. The first kappa shape index (κ1) is 39.7. The van der Waals surface area contributed by atoms with Crippen LogP contribution in [0.1, 0.15) is 72.1 Å². The zero-order valence-corrected chi connectivity index (χ0v) is 34.3. The second kappa shape index (κ2) is 16.8. The third-order valence-electron chi connectivity index (χ3n) is 13.6. The van der Waals surface area contributed by atoms with E-state index in [2.05, 4.69) is 34.2 Å². The molecule has 0 aliphatic carbocycles. The molecule has 0 saturated carbocycles. The van der Waals surface area contributed by atoms with Gasteiger partial charge in [0.25, 0.3) is 11.6 Å². The van der Waals surface area contributed by atoms with Crippen LogP contribution in [0, 0.1) is 33.6 Å². The molecule has 2 atom stereocenters. The average molecular weight is 839 g/mol. The Labute approximate surface area is 358 Å². The number of benzene rings is 4. The van der Waals surface area contributed by atoms with Crippen LogP contribution in [0.2, 0.25) is 0 Å². The fourth-order valence-electron chi connectivity index (χ4n) is 10.5. The van der Waals surface area contributed by atoms with Gasteiger partial charge in [-0.1, -0.05) is 30.3 Å². The Bertz CT molecular complexity index is 2590. The van der Waals surface area contributed by atoms with Gasteiger partial charge < -0.3 is 29.0 Å². The van der Waals surface area contributed by atoms with E-state index >= 15 is 0 Å². The van der Waals surface area contributed by atoms with E-state index in [0.29, 0.717) is 30.6 Å². The molecule has 1 N–H and O–H groups in total. The van der Waals surface area contributed by atoms with Crippen LogP contribution in [0.4, 0.5) is 25.8 Å². The highest BCUT2D eigenvalue weighted by molar-refractivity contribution is 5.94. The lowest BCUT2D eigenvalue weighted by atomic mass is 9.85. The Morgan fingerprint density at radius 2 is 1.19 bits per heavy atom. The number of halogens is 2. The molecule has 7 heterocycles. The van der Waals surface area contributed by atoms with E-state index in [9.17, 15) is 23.7 Å². The van der Waals surface area contributed by atoms with Crippen molar-refractivity contribution in [2.75, 3.05) is 49.2 Å². The minimum Gasteiger partial charge on any atom is -0.381 e. The van der Waals surface area contributed by atoms with Gasteiger partial charge in [0.15, 0.2) is 0 Å². The van der Waals surface area contributed by atoms with Crippen molar-refractivity contribution in [1.29, 1.82) is 0 Å². The summed E-state index contributed by atoms with van der Waals surface area (Å²) in [5.41, 5.74) is 8.27. The van der Waals surface area contributed by atoms with E-state index in [1.165, 1.54) is 12.1 Å². The molecule has 2 aromatic heterocycles. The second-order valence-corrected chi connectivity index (χ2v) is 17.0. The van der Waals surface area contributed by atoms with Crippen molar-refractivity contribution in [1.82, 2.24) is 24.4 Å². The molecule has 0 bridgehead atoms. The zero-order valence-electron chi connectivity index (χ0n) is 34.3. The Morgan fingerprint density at radius 1 is 0.677 bits per heavy atom. The van der Waals surface area contributed by atoms with Gasteiger partial charge in [-0.2, -0.15) is 0 Å². The maximum atomic E-state index is 14.8. The topological polar surface area (TPSA) is 124 Å². The first-order chi connectivity index (χ1) is 30.3. The van der Waals surface area contributed by atoms with E-state index in [1.807, 2.05) is 55.0 Å². The number of nitrogens with one attached hydrogen (secondary N) is 1.